The summed E-state index contributed by atoms with van der Waals surface area (Å²) in [6.07, 6.45) is 1.63. The van der Waals surface area contributed by atoms with Crippen molar-refractivity contribution in [1.82, 2.24) is 0 Å². The average Bonchev–Trinajstić information content (AvgIpc) is 1.95. The van der Waals surface area contributed by atoms with E-state index in [-0.39, 0.29) is 0 Å². The molecule has 0 aromatic rings. The van der Waals surface area contributed by atoms with Gasteiger partial charge in [-0.1, -0.05) is 18.2 Å². The molecular weight excluding hydrogens is 202 g/mol. The van der Waals surface area contributed by atoms with E-state index in [1.165, 1.54) is 5.54 Å². The number of aliphatic imine (C=N–C) groups is 1. The van der Waals surface area contributed by atoms with Gasteiger partial charge in [0.05, 0.1) is 5.54 Å². The third-order valence-electron chi connectivity index (χ3n) is 0.916. The number of nitrogens with zero attached hydrogens (tertiary/aromatic N) is 1. The minimum Gasteiger partial charge on any atom is -0.531 e. The van der Waals surface area contributed by atoms with Crippen molar-refractivity contribution < 1.29 is 4.43 Å². The molecule has 0 amide bonds. The van der Waals surface area contributed by atoms with Gasteiger partial charge in [-0.25, -0.2) is 4.99 Å². The molecule has 0 N–H and O–H groups in total. The van der Waals surface area contributed by atoms with Crippen LogP contribution < -0.4 is 0 Å². The molecule has 0 aliphatic heterocycles. The first kappa shape index (κ1) is 12.5. The van der Waals surface area contributed by atoms with Crippen LogP contribution in [0.5, 0.6) is 0 Å². The fourth-order valence-corrected chi connectivity index (χ4v) is 1.48. The molecule has 0 aromatic heterocycles. The monoisotopic (exact) mass is 217 g/mol. The highest BCUT2D eigenvalue weighted by Gasteiger charge is 2.16. The van der Waals surface area contributed by atoms with Crippen molar-refractivity contribution in [3.8, 4) is 0 Å². The Balaban J connectivity index is 4.31. The molecule has 0 atom stereocenters. The molecule has 0 aliphatic rings. The molecule has 0 saturated carbocycles. The topological polar surface area (TPSA) is 21.6 Å². The highest BCUT2D eigenvalue weighted by molar-refractivity contribution is 6.70. The predicted molar refractivity (Wildman–Crippen MR) is 61.7 cm³/mol. The van der Waals surface area contributed by atoms with Crippen LogP contribution in [-0.4, -0.2) is 14.5 Å². The van der Waals surface area contributed by atoms with E-state index < -0.39 is 8.32 Å². The van der Waals surface area contributed by atoms with Gasteiger partial charge in [0.2, 0.25) is 14.2 Å². The van der Waals surface area contributed by atoms with Crippen molar-refractivity contribution in [3.05, 3.63) is 23.6 Å². The van der Waals surface area contributed by atoms with Gasteiger partial charge in [-0.05, 0) is 32.1 Å². The Morgan fingerprint density at radius 3 is 2.31 bits per heavy atom. The molecule has 0 aliphatic carbocycles. The molecule has 0 heterocycles. The Kier molecular flexibility index (Phi) is 5.02. The summed E-state index contributed by atoms with van der Waals surface area (Å²) in [5.74, 6) is 0.462. The molecule has 13 heavy (non-hydrogen) atoms. The van der Waals surface area contributed by atoms with Crippen LogP contribution in [0.4, 0.5) is 0 Å². The van der Waals surface area contributed by atoms with Gasteiger partial charge >= 0.3 is 0 Å². The molecule has 0 aromatic carbocycles. The number of hydrogen-bond acceptors (Lipinski definition) is 2. The van der Waals surface area contributed by atoms with Gasteiger partial charge in [0, 0.05) is 6.21 Å². The molecule has 2 nitrogen and oxygen atoms in total. The molecule has 0 unspecified atom stereocenters. The van der Waals surface area contributed by atoms with E-state index in [0.29, 0.717) is 5.88 Å². The summed E-state index contributed by atoms with van der Waals surface area (Å²) in [7, 11) is -1.61. The molecule has 74 valence electrons. The van der Waals surface area contributed by atoms with E-state index in [9.17, 15) is 0 Å². The Bertz CT molecular complexity index is 240. The van der Waals surface area contributed by atoms with Crippen LogP contribution >= 0.6 is 11.6 Å². The Hall–Kier alpha value is -0.543. The normalized spacial score (nSPS) is 13.5. The summed E-state index contributed by atoms with van der Waals surface area (Å²) in [4.78, 5) is 4.04. The van der Waals surface area contributed by atoms with Gasteiger partial charge in [0.1, 0.15) is 0 Å². The number of rotatable bonds is 4. The first-order valence-electron chi connectivity index (χ1n) is 4.04. The number of halogens is 1. The quantitative estimate of drug-likeness (QED) is 0.401. The largest absolute Gasteiger partial charge is 0.531 e. The maximum absolute atomic E-state index is 5.57. The van der Waals surface area contributed by atoms with Crippen LogP contribution in [0.25, 0.3) is 0 Å². The Labute approximate surface area is 86.1 Å². The molecule has 4 heteroatoms. The van der Waals surface area contributed by atoms with Gasteiger partial charge in [0.15, 0.2) is 0 Å². The number of allylic oxidation sites excluding steroid dienone is 1. The van der Waals surface area contributed by atoms with Crippen LogP contribution in [0.2, 0.25) is 19.6 Å². The SMILES string of the molecule is C=C(C)C=N/C(=C/Cl)O[Si](C)(C)C. The summed E-state index contributed by atoms with van der Waals surface area (Å²) in [6.45, 7) is 11.8. The molecule has 0 spiro atoms. The maximum Gasteiger partial charge on any atom is 0.244 e. The Morgan fingerprint density at radius 2 is 2.00 bits per heavy atom. The van der Waals surface area contributed by atoms with E-state index >= 15 is 0 Å². The summed E-state index contributed by atoms with van der Waals surface area (Å²) in [5.41, 5.74) is 2.22. The highest BCUT2D eigenvalue weighted by Crippen LogP contribution is 2.12. The Morgan fingerprint density at radius 1 is 1.46 bits per heavy atom. The lowest BCUT2D eigenvalue weighted by Crippen LogP contribution is -2.24. The van der Waals surface area contributed by atoms with Crippen molar-refractivity contribution in [3.63, 3.8) is 0 Å². The standard InChI is InChI=1S/C9H16ClNOSi/c1-8(2)7-11-9(6-10)12-13(3,4)5/h6-7H,1H2,2-5H3/b9-6-,11-7?. The fraction of sp³-hybridized carbons (Fsp3) is 0.444. The lowest BCUT2D eigenvalue weighted by molar-refractivity contribution is 0.419. The lowest BCUT2D eigenvalue weighted by Gasteiger charge is -2.18. The van der Waals surface area contributed by atoms with E-state index in [1.807, 2.05) is 6.92 Å². The molecule has 0 saturated heterocycles. The summed E-state index contributed by atoms with van der Waals surface area (Å²) < 4.78 is 5.57. The minimum absolute atomic E-state index is 0.462. The highest BCUT2D eigenvalue weighted by atomic mass is 35.5. The van der Waals surface area contributed by atoms with Gasteiger partial charge < -0.3 is 4.43 Å². The van der Waals surface area contributed by atoms with E-state index in [2.05, 4.69) is 31.2 Å². The van der Waals surface area contributed by atoms with E-state index in [4.69, 9.17) is 16.0 Å². The third kappa shape index (κ3) is 7.81. The zero-order valence-electron chi connectivity index (χ0n) is 8.60. The van der Waals surface area contributed by atoms with Crippen LogP contribution in [-0.2, 0) is 4.43 Å². The van der Waals surface area contributed by atoms with Crippen LogP contribution in [0.3, 0.4) is 0 Å². The first-order valence-corrected chi connectivity index (χ1v) is 7.88. The molecular formula is C9H16ClNOSi. The second-order valence-electron chi connectivity index (χ2n) is 3.77. The van der Waals surface area contributed by atoms with Crippen LogP contribution in [0, 0.1) is 0 Å². The second-order valence-corrected chi connectivity index (χ2v) is 8.41. The van der Waals surface area contributed by atoms with Gasteiger partial charge in [-0.2, -0.15) is 0 Å². The van der Waals surface area contributed by atoms with Crippen molar-refractivity contribution in [1.29, 1.82) is 0 Å². The number of hydrogen-bond donors (Lipinski definition) is 0. The van der Waals surface area contributed by atoms with Crippen molar-refractivity contribution >= 4 is 26.1 Å². The van der Waals surface area contributed by atoms with Gasteiger partial charge in [-0.15, -0.1) is 0 Å². The van der Waals surface area contributed by atoms with Crippen molar-refractivity contribution in [2.75, 3.05) is 0 Å². The molecule has 0 rings (SSSR count). The predicted octanol–water partition coefficient (Wildman–Crippen LogP) is 3.52. The molecule has 0 bridgehead atoms. The summed E-state index contributed by atoms with van der Waals surface area (Å²) in [6, 6.07) is 0. The third-order valence-corrected chi connectivity index (χ3v) is 1.92. The smallest absolute Gasteiger partial charge is 0.244 e. The first-order chi connectivity index (χ1) is 5.85. The zero-order chi connectivity index (χ0) is 10.5. The zero-order valence-corrected chi connectivity index (χ0v) is 10.4. The summed E-state index contributed by atoms with van der Waals surface area (Å²) in [5, 5.41) is 0. The second kappa shape index (κ2) is 5.24. The van der Waals surface area contributed by atoms with E-state index in [1.54, 1.807) is 6.21 Å². The maximum atomic E-state index is 5.57. The van der Waals surface area contributed by atoms with Crippen molar-refractivity contribution in [2.24, 2.45) is 4.99 Å². The minimum atomic E-state index is -1.61. The van der Waals surface area contributed by atoms with Crippen LogP contribution in [0.15, 0.2) is 28.6 Å². The average molecular weight is 218 g/mol. The van der Waals surface area contributed by atoms with Crippen molar-refractivity contribution in [2.45, 2.75) is 26.6 Å². The van der Waals surface area contributed by atoms with Gasteiger partial charge in [-0.3, -0.25) is 0 Å². The molecule has 0 fully saturated rings. The lowest BCUT2D eigenvalue weighted by atomic mass is 10.4. The van der Waals surface area contributed by atoms with E-state index in [0.717, 1.165) is 5.57 Å². The summed E-state index contributed by atoms with van der Waals surface area (Å²) >= 11 is 5.55. The molecule has 0 radical (unpaired) electrons. The van der Waals surface area contributed by atoms with Crippen LogP contribution in [0.1, 0.15) is 6.92 Å². The fourth-order valence-electron chi connectivity index (χ4n) is 0.564. The van der Waals surface area contributed by atoms with Gasteiger partial charge in [0.25, 0.3) is 0 Å².